The molecule has 2 heterocycles. The van der Waals surface area contributed by atoms with E-state index in [2.05, 4.69) is 9.97 Å². The van der Waals surface area contributed by atoms with Crippen molar-refractivity contribution < 1.29 is 0 Å². The molecule has 5 heteroatoms. The van der Waals surface area contributed by atoms with Crippen LogP contribution in [-0.4, -0.2) is 16.5 Å². The van der Waals surface area contributed by atoms with Crippen LogP contribution in [0.5, 0.6) is 0 Å². The van der Waals surface area contributed by atoms with Gasteiger partial charge in [0.1, 0.15) is 10.1 Å². The van der Waals surface area contributed by atoms with Gasteiger partial charge in [-0.05, 0) is 48.5 Å². The molecule has 2 rings (SSSR count). The zero-order valence-electron chi connectivity index (χ0n) is 9.14. The molecule has 0 atom stereocenters. The van der Waals surface area contributed by atoms with E-state index in [1.54, 1.807) is 6.20 Å². The van der Waals surface area contributed by atoms with Gasteiger partial charge in [-0.3, -0.25) is 0 Å². The summed E-state index contributed by atoms with van der Waals surface area (Å²) in [5.41, 5.74) is 6.62. The van der Waals surface area contributed by atoms with Gasteiger partial charge in [0.25, 0.3) is 0 Å². The summed E-state index contributed by atoms with van der Waals surface area (Å²) in [6.07, 6.45) is 4.41. The second-order valence-corrected chi connectivity index (χ2v) is 4.85. The second-order valence-electron chi connectivity index (χ2n) is 3.44. The predicted octanol–water partition coefficient (Wildman–Crippen LogP) is 2.78. The summed E-state index contributed by atoms with van der Waals surface area (Å²) >= 11 is 7.48. The van der Waals surface area contributed by atoms with Crippen LogP contribution in [0, 0.1) is 0 Å². The smallest absolute Gasteiger partial charge is 0.121 e. The van der Waals surface area contributed by atoms with Crippen LogP contribution in [0.2, 0.25) is 5.02 Å². The molecule has 2 aromatic heterocycles. The quantitative estimate of drug-likeness (QED) is 0.924. The molecular weight excluding hydrogens is 254 g/mol. The number of rotatable bonds is 4. The predicted molar refractivity (Wildman–Crippen MR) is 70.4 cm³/mol. The molecule has 0 bridgehead atoms. The van der Waals surface area contributed by atoms with Crippen molar-refractivity contribution in [2.75, 3.05) is 6.54 Å². The lowest BCUT2D eigenvalue weighted by atomic mass is 10.2. The number of aromatic nitrogens is 2. The fraction of sp³-hybridized carbons (Fsp3) is 0.167. The van der Waals surface area contributed by atoms with Crippen molar-refractivity contribution in [2.24, 2.45) is 5.73 Å². The van der Waals surface area contributed by atoms with Gasteiger partial charge in [-0.2, -0.15) is 0 Å². The number of pyridine rings is 2. The van der Waals surface area contributed by atoms with E-state index in [-0.39, 0.29) is 0 Å². The Hall–Kier alpha value is -1.10. The summed E-state index contributed by atoms with van der Waals surface area (Å²) < 4.78 is 0. The van der Waals surface area contributed by atoms with Crippen molar-refractivity contribution in [1.82, 2.24) is 9.97 Å². The molecule has 2 N–H and O–H groups in total. The highest BCUT2D eigenvalue weighted by Gasteiger charge is 2.04. The molecule has 88 valence electrons. The van der Waals surface area contributed by atoms with Crippen molar-refractivity contribution in [2.45, 2.75) is 16.5 Å². The van der Waals surface area contributed by atoms with Gasteiger partial charge in [-0.15, -0.1) is 0 Å². The number of nitrogens with two attached hydrogens (primary N) is 1. The molecule has 0 saturated heterocycles. The molecule has 0 saturated carbocycles. The van der Waals surface area contributed by atoms with Gasteiger partial charge in [0, 0.05) is 12.4 Å². The minimum absolute atomic E-state index is 0.639. The first kappa shape index (κ1) is 12.4. The maximum Gasteiger partial charge on any atom is 0.121 e. The Labute approximate surface area is 109 Å². The molecule has 3 nitrogen and oxygen atoms in total. The van der Waals surface area contributed by atoms with Gasteiger partial charge >= 0.3 is 0 Å². The average molecular weight is 266 g/mol. The van der Waals surface area contributed by atoms with Crippen LogP contribution in [0.25, 0.3) is 0 Å². The van der Waals surface area contributed by atoms with Crippen molar-refractivity contribution >= 4 is 23.4 Å². The second kappa shape index (κ2) is 6.00. The Morgan fingerprint density at radius 1 is 1.24 bits per heavy atom. The van der Waals surface area contributed by atoms with E-state index in [0.717, 1.165) is 22.0 Å². The van der Waals surface area contributed by atoms with Gasteiger partial charge in [0.05, 0.1) is 5.02 Å². The lowest BCUT2D eigenvalue weighted by molar-refractivity contribution is 0.945. The minimum atomic E-state index is 0.639. The van der Waals surface area contributed by atoms with Crippen LogP contribution in [-0.2, 0) is 6.42 Å². The monoisotopic (exact) mass is 265 g/mol. The highest BCUT2D eigenvalue weighted by atomic mass is 35.5. The summed E-state index contributed by atoms with van der Waals surface area (Å²) in [6, 6.07) is 7.61. The van der Waals surface area contributed by atoms with Gasteiger partial charge in [-0.25, -0.2) is 9.97 Å². The largest absolute Gasteiger partial charge is 0.330 e. The third-order valence-electron chi connectivity index (χ3n) is 2.16. The van der Waals surface area contributed by atoms with Gasteiger partial charge in [-0.1, -0.05) is 17.7 Å². The van der Waals surface area contributed by atoms with Crippen LogP contribution in [0.1, 0.15) is 5.56 Å². The average Bonchev–Trinajstić information content (AvgIpc) is 2.35. The Bertz CT molecular complexity index is 487. The van der Waals surface area contributed by atoms with Gasteiger partial charge < -0.3 is 5.73 Å². The van der Waals surface area contributed by atoms with Crippen LogP contribution >= 0.6 is 23.4 Å². The van der Waals surface area contributed by atoms with Crippen LogP contribution < -0.4 is 5.73 Å². The summed E-state index contributed by atoms with van der Waals surface area (Å²) in [6.45, 7) is 0.639. The maximum absolute atomic E-state index is 6.03. The SMILES string of the molecule is NCCc1ccc(Sc2ncccc2Cl)nc1. The fourth-order valence-electron chi connectivity index (χ4n) is 1.33. The number of hydrogen-bond donors (Lipinski definition) is 1. The Morgan fingerprint density at radius 3 is 2.76 bits per heavy atom. The van der Waals surface area contributed by atoms with Gasteiger partial charge in [0.15, 0.2) is 0 Å². The molecule has 0 radical (unpaired) electrons. The summed E-state index contributed by atoms with van der Waals surface area (Å²) in [4.78, 5) is 8.55. The standard InChI is InChI=1S/C12H12ClN3S/c13-10-2-1-7-15-12(10)17-11-4-3-9(5-6-14)8-16-11/h1-4,7-8H,5-6,14H2. The Kier molecular flexibility index (Phi) is 4.36. The molecule has 0 aliphatic heterocycles. The fourth-order valence-corrected chi connectivity index (χ4v) is 2.29. The van der Waals surface area contributed by atoms with Crippen LogP contribution in [0.3, 0.4) is 0 Å². The molecule has 0 amide bonds. The van der Waals surface area contributed by atoms with Crippen LogP contribution in [0.4, 0.5) is 0 Å². The van der Waals surface area contributed by atoms with Crippen molar-refractivity contribution in [3.63, 3.8) is 0 Å². The van der Waals surface area contributed by atoms with E-state index in [0.29, 0.717) is 11.6 Å². The molecular formula is C12H12ClN3S. The topological polar surface area (TPSA) is 51.8 Å². The first-order valence-electron chi connectivity index (χ1n) is 5.23. The van der Waals surface area contributed by atoms with E-state index < -0.39 is 0 Å². The highest BCUT2D eigenvalue weighted by molar-refractivity contribution is 7.99. The number of hydrogen-bond acceptors (Lipinski definition) is 4. The zero-order valence-corrected chi connectivity index (χ0v) is 10.7. The first-order valence-corrected chi connectivity index (χ1v) is 6.42. The molecule has 17 heavy (non-hydrogen) atoms. The van der Waals surface area contributed by atoms with E-state index in [9.17, 15) is 0 Å². The molecule has 0 spiro atoms. The minimum Gasteiger partial charge on any atom is -0.330 e. The van der Waals surface area contributed by atoms with E-state index in [1.807, 2.05) is 30.5 Å². The summed E-state index contributed by atoms with van der Waals surface area (Å²) in [5.74, 6) is 0. The Morgan fingerprint density at radius 2 is 2.12 bits per heavy atom. The van der Waals surface area contributed by atoms with Crippen molar-refractivity contribution in [3.8, 4) is 0 Å². The maximum atomic E-state index is 6.03. The third kappa shape index (κ3) is 3.43. The lowest BCUT2D eigenvalue weighted by Gasteiger charge is -2.03. The molecule has 0 aliphatic rings. The van der Waals surface area contributed by atoms with E-state index >= 15 is 0 Å². The summed E-state index contributed by atoms with van der Waals surface area (Å²) in [7, 11) is 0. The molecule has 0 fully saturated rings. The molecule has 0 aromatic carbocycles. The molecule has 0 unspecified atom stereocenters. The molecule has 0 aliphatic carbocycles. The lowest BCUT2D eigenvalue weighted by Crippen LogP contribution is -2.02. The van der Waals surface area contributed by atoms with Crippen LogP contribution in [0.15, 0.2) is 46.7 Å². The van der Waals surface area contributed by atoms with E-state index in [1.165, 1.54) is 11.8 Å². The Balaban J connectivity index is 2.11. The van der Waals surface area contributed by atoms with Crippen molar-refractivity contribution in [1.29, 1.82) is 0 Å². The normalized spacial score (nSPS) is 10.5. The van der Waals surface area contributed by atoms with Gasteiger partial charge in [0.2, 0.25) is 0 Å². The van der Waals surface area contributed by atoms with Crippen molar-refractivity contribution in [3.05, 3.63) is 47.2 Å². The summed E-state index contributed by atoms with van der Waals surface area (Å²) in [5, 5.41) is 2.30. The first-order chi connectivity index (χ1) is 8.29. The van der Waals surface area contributed by atoms with E-state index in [4.69, 9.17) is 17.3 Å². The molecule has 2 aromatic rings. The number of nitrogens with zero attached hydrogens (tertiary/aromatic N) is 2. The third-order valence-corrected chi connectivity index (χ3v) is 3.54. The number of halogens is 1. The zero-order chi connectivity index (χ0) is 12.1. The highest BCUT2D eigenvalue weighted by Crippen LogP contribution is 2.29.